The number of amides is 4. The SMILES string of the molecule is CN(Cc1ccccc1)C(=O)CN1C(=O)N[C@@](C)(c2ccc(Cl)cc2)C1=O. The molecule has 0 unspecified atom stereocenters. The van der Waals surface area contributed by atoms with Crippen molar-refractivity contribution in [3.8, 4) is 0 Å². The van der Waals surface area contributed by atoms with E-state index in [-0.39, 0.29) is 12.5 Å². The zero-order chi connectivity index (χ0) is 19.6. The number of carbonyl (C=O) groups excluding carboxylic acids is 3. The van der Waals surface area contributed by atoms with Crippen LogP contribution < -0.4 is 5.32 Å². The predicted molar refractivity (Wildman–Crippen MR) is 102 cm³/mol. The minimum Gasteiger partial charge on any atom is -0.340 e. The number of rotatable bonds is 5. The lowest BCUT2D eigenvalue weighted by Crippen LogP contribution is -2.43. The normalized spacial score (nSPS) is 19.1. The minimum absolute atomic E-state index is 0.308. The van der Waals surface area contributed by atoms with E-state index in [0.717, 1.165) is 10.5 Å². The van der Waals surface area contributed by atoms with Gasteiger partial charge in [0.2, 0.25) is 5.91 Å². The van der Waals surface area contributed by atoms with Crippen molar-refractivity contribution in [1.82, 2.24) is 15.1 Å². The highest BCUT2D eigenvalue weighted by Crippen LogP contribution is 2.29. The van der Waals surface area contributed by atoms with Crippen molar-refractivity contribution in [2.45, 2.75) is 19.0 Å². The molecule has 3 rings (SSSR count). The predicted octanol–water partition coefficient (Wildman–Crippen LogP) is 2.77. The highest BCUT2D eigenvalue weighted by Gasteiger charge is 2.49. The van der Waals surface area contributed by atoms with Crippen molar-refractivity contribution in [3.63, 3.8) is 0 Å². The average Bonchev–Trinajstić information content (AvgIpc) is 2.87. The average molecular weight is 386 g/mol. The van der Waals surface area contributed by atoms with Gasteiger partial charge >= 0.3 is 6.03 Å². The lowest BCUT2D eigenvalue weighted by molar-refractivity contribution is -0.138. The molecule has 1 atom stereocenters. The van der Waals surface area contributed by atoms with E-state index >= 15 is 0 Å². The molecule has 1 aliphatic heterocycles. The number of hydrogen-bond donors (Lipinski definition) is 1. The summed E-state index contributed by atoms with van der Waals surface area (Å²) in [7, 11) is 1.65. The van der Waals surface area contributed by atoms with Crippen molar-refractivity contribution in [2.24, 2.45) is 0 Å². The number of likely N-dealkylation sites (N-methyl/N-ethyl adjacent to an activating group) is 1. The molecule has 6 nitrogen and oxygen atoms in total. The van der Waals surface area contributed by atoms with Gasteiger partial charge in [-0.1, -0.05) is 54.1 Å². The third kappa shape index (κ3) is 3.80. The molecule has 0 saturated carbocycles. The largest absolute Gasteiger partial charge is 0.340 e. The Balaban J connectivity index is 1.71. The Morgan fingerprint density at radius 2 is 1.74 bits per heavy atom. The fraction of sp³-hybridized carbons (Fsp3) is 0.250. The number of benzene rings is 2. The zero-order valence-electron chi connectivity index (χ0n) is 15.1. The van der Waals surface area contributed by atoms with Gasteiger partial charge in [0, 0.05) is 18.6 Å². The standard InChI is InChI=1S/C20H20ClN3O3/c1-20(15-8-10-16(21)11-9-15)18(26)24(19(27)22-20)13-17(25)23(2)12-14-6-4-3-5-7-14/h3-11H,12-13H2,1-2H3,(H,22,27)/t20-/m0/s1. The van der Waals surface area contributed by atoms with E-state index in [2.05, 4.69) is 5.32 Å². The zero-order valence-corrected chi connectivity index (χ0v) is 15.9. The second-order valence-electron chi connectivity index (χ2n) is 6.69. The molecular formula is C20H20ClN3O3. The molecule has 0 radical (unpaired) electrons. The summed E-state index contributed by atoms with van der Waals surface area (Å²) < 4.78 is 0. The van der Waals surface area contributed by atoms with E-state index in [1.54, 1.807) is 38.2 Å². The fourth-order valence-electron chi connectivity index (χ4n) is 3.02. The van der Waals surface area contributed by atoms with Gasteiger partial charge in [0.15, 0.2) is 0 Å². The smallest absolute Gasteiger partial charge is 0.325 e. The van der Waals surface area contributed by atoms with E-state index < -0.39 is 17.5 Å². The van der Waals surface area contributed by atoms with Crippen LogP contribution in [0, 0.1) is 0 Å². The number of imide groups is 1. The summed E-state index contributed by atoms with van der Waals surface area (Å²) in [4.78, 5) is 40.2. The highest BCUT2D eigenvalue weighted by molar-refractivity contribution is 6.30. The van der Waals surface area contributed by atoms with Crippen LogP contribution in [0.25, 0.3) is 0 Å². The summed E-state index contributed by atoms with van der Waals surface area (Å²) in [5.74, 6) is -0.779. The van der Waals surface area contributed by atoms with Crippen LogP contribution in [0.4, 0.5) is 4.79 Å². The van der Waals surface area contributed by atoms with Gasteiger partial charge in [0.05, 0.1) is 0 Å². The molecule has 4 amide bonds. The van der Waals surface area contributed by atoms with E-state index in [1.165, 1.54) is 4.90 Å². The van der Waals surface area contributed by atoms with Crippen LogP contribution in [-0.4, -0.2) is 41.2 Å². The molecule has 2 aromatic rings. The summed E-state index contributed by atoms with van der Waals surface area (Å²) in [6.45, 7) is 1.71. The van der Waals surface area contributed by atoms with Crippen LogP contribution in [0.2, 0.25) is 5.02 Å². The third-order valence-electron chi connectivity index (χ3n) is 4.68. The van der Waals surface area contributed by atoms with Crippen LogP contribution in [0.15, 0.2) is 54.6 Å². The van der Waals surface area contributed by atoms with Crippen LogP contribution >= 0.6 is 11.6 Å². The van der Waals surface area contributed by atoms with Crippen molar-refractivity contribution >= 4 is 29.4 Å². The highest BCUT2D eigenvalue weighted by atomic mass is 35.5. The molecule has 0 bridgehead atoms. The lowest BCUT2D eigenvalue weighted by atomic mass is 9.92. The number of nitrogens with zero attached hydrogens (tertiary/aromatic N) is 2. The Bertz CT molecular complexity index is 870. The summed E-state index contributed by atoms with van der Waals surface area (Å²) in [5.41, 5.74) is 0.356. The topological polar surface area (TPSA) is 69.7 Å². The maximum absolute atomic E-state index is 12.9. The van der Waals surface area contributed by atoms with Crippen LogP contribution in [0.1, 0.15) is 18.1 Å². The summed E-state index contributed by atoms with van der Waals surface area (Å²) in [6, 6.07) is 15.6. The first-order valence-electron chi connectivity index (χ1n) is 8.49. The first-order valence-corrected chi connectivity index (χ1v) is 8.87. The van der Waals surface area contributed by atoms with E-state index in [4.69, 9.17) is 11.6 Å². The van der Waals surface area contributed by atoms with Gasteiger partial charge < -0.3 is 10.2 Å². The Hall–Kier alpha value is -2.86. The molecule has 1 aliphatic rings. The molecule has 0 spiro atoms. The molecule has 1 fully saturated rings. The van der Waals surface area contributed by atoms with Gasteiger partial charge in [-0.05, 0) is 30.2 Å². The molecule has 140 valence electrons. The number of hydrogen-bond acceptors (Lipinski definition) is 3. The van der Waals surface area contributed by atoms with E-state index in [9.17, 15) is 14.4 Å². The number of urea groups is 1. The van der Waals surface area contributed by atoms with Crippen molar-refractivity contribution in [3.05, 3.63) is 70.7 Å². The van der Waals surface area contributed by atoms with Crippen LogP contribution in [0.5, 0.6) is 0 Å². The maximum atomic E-state index is 12.9. The third-order valence-corrected chi connectivity index (χ3v) is 4.93. The molecule has 7 heteroatoms. The molecule has 2 aromatic carbocycles. The molecule has 1 heterocycles. The van der Waals surface area contributed by atoms with Crippen LogP contribution in [-0.2, 0) is 21.7 Å². The lowest BCUT2D eigenvalue weighted by Gasteiger charge is -2.23. The van der Waals surface area contributed by atoms with Gasteiger partial charge in [0.1, 0.15) is 12.1 Å². The minimum atomic E-state index is -1.22. The Labute approximate surface area is 162 Å². The maximum Gasteiger partial charge on any atom is 0.325 e. The molecule has 1 saturated heterocycles. The first-order chi connectivity index (χ1) is 12.8. The Kier molecular flexibility index (Phi) is 5.19. The van der Waals surface area contributed by atoms with Crippen molar-refractivity contribution in [1.29, 1.82) is 0 Å². The van der Waals surface area contributed by atoms with Gasteiger partial charge in [-0.15, -0.1) is 0 Å². The quantitative estimate of drug-likeness (QED) is 0.804. The first kappa shape index (κ1) is 18.9. The summed E-state index contributed by atoms with van der Waals surface area (Å²) >= 11 is 5.89. The van der Waals surface area contributed by atoms with Gasteiger partial charge in [0.25, 0.3) is 5.91 Å². The van der Waals surface area contributed by atoms with E-state index in [0.29, 0.717) is 17.1 Å². The Morgan fingerprint density at radius 1 is 1.11 bits per heavy atom. The van der Waals surface area contributed by atoms with Crippen molar-refractivity contribution < 1.29 is 14.4 Å². The van der Waals surface area contributed by atoms with Gasteiger partial charge in [-0.2, -0.15) is 0 Å². The van der Waals surface area contributed by atoms with Gasteiger partial charge in [-0.3, -0.25) is 14.5 Å². The van der Waals surface area contributed by atoms with Crippen LogP contribution in [0.3, 0.4) is 0 Å². The van der Waals surface area contributed by atoms with Crippen molar-refractivity contribution in [2.75, 3.05) is 13.6 Å². The second-order valence-corrected chi connectivity index (χ2v) is 7.13. The molecule has 0 aliphatic carbocycles. The monoisotopic (exact) mass is 385 g/mol. The molecule has 27 heavy (non-hydrogen) atoms. The fourth-order valence-corrected chi connectivity index (χ4v) is 3.15. The number of carbonyl (C=O) groups is 3. The second kappa shape index (κ2) is 7.40. The van der Waals surface area contributed by atoms with Gasteiger partial charge in [-0.25, -0.2) is 4.79 Å². The number of halogens is 1. The summed E-state index contributed by atoms with van der Waals surface area (Å²) in [5, 5.41) is 3.22. The molecular weight excluding hydrogens is 366 g/mol. The summed E-state index contributed by atoms with van der Waals surface area (Å²) in [6.07, 6.45) is 0. The number of nitrogens with one attached hydrogen (secondary N) is 1. The Morgan fingerprint density at radius 3 is 2.37 bits per heavy atom. The van der Waals surface area contributed by atoms with E-state index in [1.807, 2.05) is 30.3 Å². The molecule has 1 N–H and O–H groups in total. The molecule has 0 aromatic heterocycles.